The molecular weight excluding hydrogens is 258 g/mol. The minimum atomic E-state index is 0.296. The SMILES string of the molecule is CCC(Nc1cc(C)nc(COC)n1)c1cccs1. The summed E-state index contributed by atoms with van der Waals surface area (Å²) in [4.78, 5) is 10.2. The molecule has 5 heteroatoms. The lowest BCUT2D eigenvalue weighted by Crippen LogP contribution is -2.11. The molecule has 4 nitrogen and oxygen atoms in total. The predicted molar refractivity (Wildman–Crippen MR) is 78.5 cm³/mol. The van der Waals surface area contributed by atoms with E-state index in [0.29, 0.717) is 18.5 Å². The lowest BCUT2D eigenvalue weighted by molar-refractivity contribution is 0.177. The first-order valence-electron chi connectivity index (χ1n) is 6.36. The van der Waals surface area contributed by atoms with Crippen molar-refractivity contribution < 1.29 is 4.74 Å². The van der Waals surface area contributed by atoms with Crippen LogP contribution in [0.5, 0.6) is 0 Å². The number of hydrogen-bond acceptors (Lipinski definition) is 5. The minimum Gasteiger partial charge on any atom is -0.377 e. The highest BCUT2D eigenvalue weighted by molar-refractivity contribution is 7.10. The van der Waals surface area contributed by atoms with E-state index in [2.05, 4.69) is 39.7 Å². The van der Waals surface area contributed by atoms with Crippen LogP contribution in [0.4, 0.5) is 5.82 Å². The molecule has 2 rings (SSSR count). The molecule has 2 aromatic rings. The van der Waals surface area contributed by atoms with Gasteiger partial charge in [0.25, 0.3) is 0 Å². The van der Waals surface area contributed by atoms with Crippen LogP contribution in [0.3, 0.4) is 0 Å². The largest absolute Gasteiger partial charge is 0.377 e. The summed E-state index contributed by atoms with van der Waals surface area (Å²) >= 11 is 1.76. The zero-order chi connectivity index (χ0) is 13.7. The van der Waals surface area contributed by atoms with Gasteiger partial charge in [0, 0.05) is 23.7 Å². The van der Waals surface area contributed by atoms with Gasteiger partial charge in [0.2, 0.25) is 0 Å². The lowest BCUT2D eigenvalue weighted by atomic mass is 10.2. The minimum absolute atomic E-state index is 0.296. The Hall–Kier alpha value is -1.46. The Balaban J connectivity index is 2.17. The zero-order valence-corrected chi connectivity index (χ0v) is 12.3. The van der Waals surface area contributed by atoms with E-state index in [4.69, 9.17) is 4.74 Å². The Morgan fingerprint density at radius 3 is 2.89 bits per heavy atom. The standard InChI is InChI=1S/C14H19N3OS/c1-4-11(12-6-5-7-19-12)16-13-8-10(2)15-14(17-13)9-18-3/h5-8,11H,4,9H2,1-3H3,(H,15,16,17). The molecule has 0 aliphatic heterocycles. The summed E-state index contributed by atoms with van der Waals surface area (Å²) in [6.07, 6.45) is 1.02. The molecule has 1 unspecified atom stereocenters. The summed E-state index contributed by atoms with van der Waals surface area (Å²) in [5.74, 6) is 1.57. The maximum atomic E-state index is 5.09. The van der Waals surface area contributed by atoms with Crippen molar-refractivity contribution in [1.29, 1.82) is 0 Å². The average Bonchev–Trinajstić information content (AvgIpc) is 2.89. The number of anilines is 1. The molecule has 2 aromatic heterocycles. The first-order valence-corrected chi connectivity index (χ1v) is 7.24. The van der Waals surface area contributed by atoms with Crippen molar-refractivity contribution in [2.45, 2.75) is 32.9 Å². The van der Waals surface area contributed by atoms with Gasteiger partial charge in [0.15, 0.2) is 5.82 Å². The van der Waals surface area contributed by atoms with Crippen LogP contribution in [-0.4, -0.2) is 17.1 Å². The van der Waals surface area contributed by atoms with E-state index < -0.39 is 0 Å². The predicted octanol–water partition coefficient (Wildman–Crippen LogP) is 3.56. The first kappa shape index (κ1) is 14.0. The molecule has 0 aliphatic carbocycles. The second-order valence-corrected chi connectivity index (χ2v) is 5.34. The third-order valence-corrected chi connectivity index (χ3v) is 3.78. The average molecular weight is 277 g/mol. The number of nitrogens with zero attached hydrogens (tertiary/aromatic N) is 2. The summed E-state index contributed by atoms with van der Waals surface area (Å²) < 4.78 is 5.09. The molecule has 0 saturated carbocycles. The molecular formula is C14H19N3OS. The van der Waals surface area contributed by atoms with Gasteiger partial charge in [0.1, 0.15) is 12.4 Å². The molecule has 102 valence electrons. The third-order valence-electron chi connectivity index (χ3n) is 2.79. The topological polar surface area (TPSA) is 47.0 Å². The summed E-state index contributed by atoms with van der Waals surface area (Å²) in [7, 11) is 1.65. The van der Waals surface area contributed by atoms with E-state index in [0.717, 1.165) is 17.9 Å². The molecule has 0 spiro atoms. The van der Waals surface area contributed by atoms with Crippen molar-refractivity contribution in [3.63, 3.8) is 0 Å². The van der Waals surface area contributed by atoms with Crippen LogP contribution in [0.25, 0.3) is 0 Å². The summed E-state index contributed by atoms with van der Waals surface area (Å²) in [5, 5.41) is 5.57. The molecule has 0 amide bonds. The van der Waals surface area contributed by atoms with Gasteiger partial charge in [-0.2, -0.15) is 0 Å². The van der Waals surface area contributed by atoms with Gasteiger partial charge in [-0.1, -0.05) is 13.0 Å². The second kappa shape index (κ2) is 6.63. The smallest absolute Gasteiger partial charge is 0.156 e. The van der Waals surface area contributed by atoms with E-state index in [9.17, 15) is 0 Å². The van der Waals surface area contributed by atoms with Gasteiger partial charge in [0.05, 0.1) is 6.04 Å². The maximum Gasteiger partial charge on any atom is 0.156 e. The monoisotopic (exact) mass is 277 g/mol. The van der Waals surface area contributed by atoms with Gasteiger partial charge in [-0.25, -0.2) is 9.97 Å². The molecule has 0 aromatic carbocycles. The van der Waals surface area contributed by atoms with E-state index in [1.54, 1.807) is 18.4 Å². The number of aryl methyl sites for hydroxylation is 1. The quantitative estimate of drug-likeness (QED) is 0.877. The van der Waals surface area contributed by atoms with Crippen LogP contribution in [0.1, 0.15) is 35.8 Å². The van der Waals surface area contributed by atoms with Gasteiger partial charge in [-0.05, 0) is 24.8 Å². The van der Waals surface area contributed by atoms with Crippen molar-refractivity contribution in [1.82, 2.24) is 9.97 Å². The Kier molecular flexibility index (Phi) is 4.87. The van der Waals surface area contributed by atoms with Crippen LogP contribution < -0.4 is 5.32 Å². The van der Waals surface area contributed by atoms with Crippen molar-refractivity contribution in [3.05, 3.63) is 40.0 Å². The van der Waals surface area contributed by atoms with Crippen LogP contribution >= 0.6 is 11.3 Å². The fourth-order valence-corrected chi connectivity index (χ4v) is 2.80. The number of thiophene rings is 1. The number of aromatic nitrogens is 2. The Labute approximate surface area is 117 Å². The Bertz CT molecular complexity index is 513. The fourth-order valence-electron chi connectivity index (χ4n) is 1.94. The van der Waals surface area contributed by atoms with Gasteiger partial charge >= 0.3 is 0 Å². The van der Waals surface area contributed by atoms with Crippen molar-refractivity contribution in [3.8, 4) is 0 Å². The molecule has 0 saturated heterocycles. The molecule has 19 heavy (non-hydrogen) atoms. The number of rotatable bonds is 6. The molecule has 0 bridgehead atoms. The number of hydrogen-bond donors (Lipinski definition) is 1. The first-order chi connectivity index (χ1) is 9.22. The molecule has 1 atom stereocenters. The van der Waals surface area contributed by atoms with E-state index in [1.165, 1.54) is 4.88 Å². The number of nitrogens with one attached hydrogen (secondary N) is 1. The fraction of sp³-hybridized carbons (Fsp3) is 0.429. The molecule has 1 N–H and O–H groups in total. The Morgan fingerprint density at radius 2 is 2.26 bits per heavy atom. The van der Waals surface area contributed by atoms with Crippen LogP contribution in [-0.2, 0) is 11.3 Å². The van der Waals surface area contributed by atoms with Gasteiger partial charge < -0.3 is 10.1 Å². The van der Waals surface area contributed by atoms with E-state index in [-0.39, 0.29) is 0 Å². The van der Waals surface area contributed by atoms with Gasteiger partial charge in [-0.15, -0.1) is 11.3 Å². The van der Waals surface area contributed by atoms with Crippen LogP contribution in [0, 0.1) is 6.92 Å². The van der Waals surface area contributed by atoms with Crippen molar-refractivity contribution in [2.24, 2.45) is 0 Å². The third kappa shape index (κ3) is 3.75. The lowest BCUT2D eigenvalue weighted by Gasteiger charge is -2.17. The maximum absolute atomic E-state index is 5.09. The van der Waals surface area contributed by atoms with Crippen LogP contribution in [0.2, 0.25) is 0 Å². The Morgan fingerprint density at radius 1 is 1.42 bits per heavy atom. The van der Waals surface area contributed by atoms with E-state index in [1.807, 2.05) is 13.0 Å². The van der Waals surface area contributed by atoms with Crippen molar-refractivity contribution in [2.75, 3.05) is 12.4 Å². The zero-order valence-electron chi connectivity index (χ0n) is 11.5. The molecule has 0 radical (unpaired) electrons. The summed E-state index contributed by atoms with van der Waals surface area (Å²) in [5.41, 5.74) is 0.950. The highest BCUT2D eigenvalue weighted by Gasteiger charge is 2.11. The molecule has 2 heterocycles. The number of ether oxygens (including phenoxy) is 1. The number of methoxy groups -OCH3 is 1. The normalized spacial score (nSPS) is 12.4. The second-order valence-electron chi connectivity index (χ2n) is 4.36. The molecule has 0 aliphatic rings. The highest BCUT2D eigenvalue weighted by Crippen LogP contribution is 2.25. The summed E-state index contributed by atoms with van der Waals surface area (Å²) in [6.45, 7) is 4.58. The van der Waals surface area contributed by atoms with Crippen molar-refractivity contribution >= 4 is 17.2 Å². The highest BCUT2D eigenvalue weighted by atomic mass is 32.1. The van der Waals surface area contributed by atoms with Crippen LogP contribution in [0.15, 0.2) is 23.6 Å². The molecule has 0 fully saturated rings. The van der Waals surface area contributed by atoms with Gasteiger partial charge in [-0.3, -0.25) is 0 Å². The summed E-state index contributed by atoms with van der Waals surface area (Å²) in [6, 6.07) is 6.49. The van der Waals surface area contributed by atoms with E-state index >= 15 is 0 Å².